The van der Waals surface area contributed by atoms with Crippen molar-refractivity contribution in [2.24, 2.45) is 5.73 Å². The van der Waals surface area contributed by atoms with Gasteiger partial charge in [-0.1, -0.05) is 16.9 Å². The van der Waals surface area contributed by atoms with Gasteiger partial charge in [-0.15, -0.1) is 0 Å². The van der Waals surface area contributed by atoms with E-state index in [9.17, 15) is 4.79 Å². The summed E-state index contributed by atoms with van der Waals surface area (Å²) in [6.07, 6.45) is 2.23. The van der Waals surface area contributed by atoms with Crippen LogP contribution in [0.4, 0.5) is 0 Å². The van der Waals surface area contributed by atoms with Gasteiger partial charge in [0.25, 0.3) is 0 Å². The predicted molar refractivity (Wildman–Crippen MR) is 95.2 cm³/mol. The smallest absolute Gasteiger partial charge is 0.220 e. The van der Waals surface area contributed by atoms with E-state index in [-0.39, 0.29) is 5.91 Å². The van der Waals surface area contributed by atoms with Gasteiger partial charge in [-0.3, -0.25) is 4.79 Å². The van der Waals surface area contributed by atoms with E-state index in [1.807, 2.05) is 32.0 Å². The van der Waals surface area contributed by atoms with Gasteiger partial charge in [0.2, 0.25) is 5.91 Å². The molecule has 130 valence electrons. The molecule has 6 nitrogen and oxygen atoms in total. The molecule has 8 heteroatoms. The Bertz CT molecular complexity index is 447. The maximum Gasteiger partial charge on any atom is 0.220 e. The van der Waals surface area contributed by atoms with Gasteiger partial charge in [-0.25, -0.2) is 4.98 Å². The van der Waals surface area contributed by atoms with E-state index in [0.29, 0.717) is 32.7 Å². The van der Waals surface area contributed by atoms with E-state index in [2.05, 4.69) is 10.3 Å². The van der Waals surface area contributed by atoms with Crippen LogP contribution in [-0.2, 0) is 14.3 Å². The van der Waals surface area contributed by atoms with Crippen molar-refractivity contribution in [3.05, 3.63) is 24.4 Å². The molecule has 1 rings (SSSR count). The Morgan fingerprint density at radius 3 is 2.83 bits per heavy atom. The molecule has 1 heterocycles. The minimum absolute atomic E-state index is 0.0170. The van der Waals surface area contributed by atoms with Crippen molar-refractivity contribution in [3.8, 4) is 0 Å². The molecule has 0 bridgehead atoms. The van der Waals surface area contributed by atoms with Crippen LogP contribution in [-0.4, -0.2) is 48.7 Å². The van der Waals surface area contributed by atoms with Crippen LogP contribution >= 0.6 is 21.6 Å². The molecule has 1 aromatic rings. The second-order valence-electron chi connectivity index (χ2n) is 5.06. The van der Waals surface area contributed by atoms with E-state index < -0.39 is 5.79 Å². The summed E-state index contributed by atoms with van der Waals surface area (Å²) in [7, 11) is 3.19. The van der Waals surface area contributed by atoms with Crippen molar-refractivity contribution in [1.29, 1.82) is 0 Å². The Hall–Kier alpha value is -0.800. The number of nitrogens with one attached hydrogen (secondary N) is 1. The second-order valence-corrected chi connectivity index (χ2v) is 7.49. The summed E-state index contributed by atoms with van der Waals surface area (Å²) in [4.78, 5) is 15.9. The molecule has 0 spiro atoms. The van der Waals surface area contributed by atoms with Crippen LogP contribution < -0.4 is 11.1 Å². The third-order valence-corrected chi connectivity index (χ3v) is 4.90. The number of carbonyl (C=O) groups excluding carboxylic acids is 1. The number of nitrogens with two attached hydrogens (primary N) is 1. The normalized spacial score (nSPS) is 11.4. The quantitative estimate of drug-likeness (QED) is 0.335. The first-order chi connectivity index (χ1) is 11.0. The highest BCUT2D eigenvalue weighted by Gasteiger charge is 2.17. The highest BCUT2D eigenvalue weighted by Crippen LogP contribution is 2.29. The van der Waals surface area contributed by atoms with E-state index in [1.165, 1.54) is 0 Å². The lowest BCUT2D eigenvalue weighted by molar-refractivity contribution is -0.210. The zero-order valence-corrected chi connectivity index (χ0v) is 15.3. The number of rotatable bonds is 12. The lowest BCUT2D eigenvalue weighted by Crippen LogP contribution is -2.35. The summed E-state index contributed by atoms with van der Waals surface area (Å²) < 4.78 is 11.0. The third-order valence-electron chi connectivity index (χ3n) is 2.64. The molecule has 23 heavy (non-hydrogen) atoms. The van der Waals surface area contributed by atoms with Crippen LogP contribution in [0.25, 0.3) is 0 Å². The van der Waals surface area contributed by atoms with Gasteiger partial charge in [0.1, 0.15) is 5.03 Å². The fourth-order valence-electron chi connectivity index (χ4n) is 1.55. The average molecular weight is 360 g/mol. The number of aromatic nitrogens is 1. The molecule has 0 atom stereocenters. The zero-order valence-electron chi connectivity index (χ0n) is 13.6. The summed E-state index contributed by atoms with van der Waals surface area (Å²) in [6.45, 7) is 5.43. The molecule has 0 radical (unpaired) electrons. The van der Waals surface area contributed by atoms with Crippen LogP contribution in [0.2, 0.25) is 0 Å². The van der Waals surface area contributed by atoms with Gasteiger partial charge in [0.15, 0.2) is 5.79 Å². The molecule has 0 aliphatic rings. The molecule has 1 aromatic heterocycles. The second kappa shape index (κ2) is 11.7. The average Bonchev–Trinajstić information content (AvgIpc) is 2.55. The van der Waals surface area contributed by atoms with Crippen molar-refractivity contribution in [1.82, 2.24) is 10.3 Å². The van der Waals surface area contributed by atoms with Gasteiger partial charge in [0, 0.05) is 31.5 Å². The summed E-state index contributed by atoms with van der Waals surface area (Å²) >= 11 is 0. The molecule has 0 fully saturated rings. The van der Waals surface area contributed by atoms with Gasteiger partial charge < -0.3 is 20.5 Å². The first kappa shape index (κ1) is 20.2. The Balaban J connectivity index is 2.02. The van der Waals surface area contributed by atoms with Crippen molar-refractivity contribution in [2.45, 2.75) is 31.1 Å². The maximum atomic E-state index is 11.7. The minimum Gasteiger partial charge on any atom is -0.354 e. The molecular formula is C15H25N3O3S2. The Morgan fingerprint density at radius 2 is 2.13 bits per heavy atom. The van der Waals surface area contributed by atoms with Crippen molar-refractivity contribution in [3.63, 3.8) is 0 Å². The van der Waals surface area contributed by atoms with Gasteiger partial charge in [-0.05, 0) is 36.8 Å². The summed E-state index contributed by atoms with van der Waals surface area (Å²) in [5, 5.41) is 3.78. The fourth-order valence-corrected chi connectivity index (χ4v) is 3.42. The topological polar surface area (TPSA) is 86.5 Å². The molecule has 0 saturated carbocycles. The number of amides is 1. The number of pyridine rings is 1. The van der Waals surface area contributed by atoms with Gasteiger partial charge >= 0.3 is 0 Å². The number of hydrogen-bond acceptors (Lipinski definition) is 7. The standard InChI is InChI=1S/C15H25N3O3S2/c1-15(2,20-10-7-16)21-11-9-17-13(19)6-12-22-23-14-5-3-4-8-18-14/h3-5,8H,6-7,9-12,16H2,1-2H3,(H,17,19). The van der Waals surface area contributed by atoms with Crippen LogP contribution in [0, 0.1) is 0 Å². The summed E-state index contributed by atoms with van der Waals surface area (Å²) in [5.74, 6) is 0.0709. The predicted octanol–water partition coefficient (Wildman–Crippen LogP) is 2.06. The third kappa shape index (κ3) is 10.6. The molecule has 3 N–H and O–H groups in total. The monoisotopic (exact) mass is 359 g/mol. The van der Waals surface area contributed by atoms with E-state index in [4.69, 9.17) is 15.2 Å². The van der Waals surface area contributed by atoms with Crippen molar-refractivity contribution >= 4 is 27.5 Å². The van der Waals surface area contributed by atoms with Crippen LogP contribution in [0.3, 0.4) is 0 Å². The van der Waals surface area contributed by atoms with Crippen LogP contribution in [0.1, 0.15) is 20.3 Å². The molecule has 0 aromatic carbocycles. The number of ether oxygens (including phenoxy) is 2. The Labute approximate surface area is 145 Å². The van der Waals surface area contributed by atoms with Gasteiger partial charge in [-0.2, -0.15) is 0 Å². The highest BCUT2D eigenvalue weighted by molar-refractivity contribution is 8.76. The Morgan fingerprint density at radius 1 is 1.35 bits per heavy atom. The number of hydrogen-bond donors (Lipinski definition) is 2. The zero-order chi connectivity index (χ0) is 17.0. The molecule has 0 unspecified atom stereocenters. The molecule has 0 aliphatic carbocycles. The summed E-state index contributed by atoms with van der Waals surface area (Å²) in [5.41, 5.74) is 5.38. The van der Waals surface area contributed by atoms with Crippen LogP contribution in [0.5, 0.6) is 0 Å². The van der Waals surface area contributed by atoms with E-state index in [0.717, 1.165) is 10.8 Å². The fraction of sp³-hybridized carbons (Fsp3) is 0.600. The minimum atomic E-state index is -0.681. The van der Waals surface area contributed by atoms with Crippen LogP contribution in [0.15, 0.2) is 29.4 Å². The highest BCUT2D eigenvalue weighted by atomic mass is 33.1. The molecule has 0 saturated heterocycles. The summed E-state index contributed by atoms with van der Waals surface area (Å²) in [6, 6.07) is 5.78. The number of carbonyl (C=O) groups is 1. The lowest BCUT2D eigenvalue weighted by atomic mass is 10.4. The number of nitrogens with zero attached hydrogens (tertiary/aromatic N) is 1. The Kier molecular flexibility index (Phi) is 10.3. The SMILES string of the molecule is CC(C)(OCCN)OCCNC(=O)CCSSc1ccccn1. The first-order valence-electron chi connectivity index (χ1n) is 7.49. The van der Waals surface area contributed by atoms with Gasteiger partial charge in [0.05, 0.1) is 13.2 Å². The van der Waals surface area contributed by atoms with E-state index in [1.54, 1.807) is 27.8 Å². The van der Waals surface area contributed by atoms with Crippen molar-refractivity contribution < 1.29 is 14.3 Å². The van der Waals surface area contributed by atoms with Crippen molar-refractivity contribution in [2.75, 3.05) is 32.1 Å². The lowest BCUT2D eigenvalue weighted by Gasteiger charge is -2.25. The first-order valence-corrected chi connectivity index (χ1v) is 9.80. The molecule has 1 amide bonds. The molecule has 0 aliphatic heterocycles. The maximum absolute atomic E-state index is 11.7. The largest absolute Gasteiger partial charge is 0.354 e. The molecular weight excluding hydrogens is 334 g/mol. The van der Waals surface area contributed by atoms with E-state index >= 15 is 0 Å².